The Kier molecular flexibility index (Phi) is 5.01. The zero-order chi connectivity index (χ0) is 15.4. The molecule has 0 atom stereocenters. The van der Waals surface area contributed by atoms with E-state index < -0.39 is 0 Å². The maximum absolute atomic E-state index is 12.1. The number of aromatic nitrogens is 4. The topological polar surface area (TPSA) is 64.7 Å². The molecule has 2 aromatic rings. The molecule has 0 amide bonds. The van der Waals surface area contributed by atoms with E-state index in [-0.39, 0.29) is 10.6 Å². The van der Waals surface area contributed by atoms with Crippen LogP contribution in [-0.4, -0.2) is 26.1 Å². The Morgan fingerprint density at radius 1 is 1.33 bits per heavy atom. The van der Waals surface area contributed by atoms with Crippen LogP contribution in [-0.2, 0) is 13.1 Å². The predicted molar refractivity (Wildman–Crippen MR) is 83.8 cm³/mol. The van der Waals surface area contributed by atoms with Crippen molar-refractivity contribution in [1.82, 2.24) is 19.6 Å². The van der Waals surface area contributed by atoms with Crippen LogP contribution in [0.2, 0.25) is 5.02 Å². The molecule has 2 heterocycles. The molecule has 6 nitrogen and oxygen atoms in total. The van der Waals surface area contributed by atoms with Gasteiger partial charge in [0.15, 0.2) is 0 Å². The van der Waals surface area contributed by atoms with Crippen molar-refractivity contribution in [2.45, 2.75) is 33.9 Å². The second-order valence-corrected chi connectivity index (χ2v) is 5.84. The number of nitrogens with zero attached hydrogens (tertiary/aromatic N) is 4. The van der Waals surface area contributed by atoms with Crippen LogP contribution in [0.25, 0.3) is 0 Å². The normalized spacial score (nSPS) is 11.1. The summed E-state index contributed by atoms with van der Waals surface area (Å²) in [6.07, 6.45) is 5.37. The molecule has 0 saturated heterocycles. The fourth-order valence-electron chi connectivity index (χ4n) is 1.96. The predicted octanol–water partition coefficient (Wildman–Crippen LogP) is 2.17. The third-order valence-corrected chi connectivity index (χ3v) is 3.31. The Morgan fingerprint density at radius 2 is 2.10 bits per heavy atom. The molecule has 0 aromatic carbocycles. The lowest BCUT2D eigenvalue weighted by Crippen LogP contribution is -2.26. The highest BCUT2D eigenvalue weighted by Crippen LogP contribution is 2.15. The Bertz CT molecular complexity index is 662. The number of anilines is 1. The first kappa shape index (κ1) is 15.6. The van der Waals surface area contributed by atoms with Crippen molar-refractivity contribution in [2.75, 3.05) is 11.9 Å². The minimum Gasteiger partial charge on any atom is -0.381 e. The van der Waals surface area contributed by atoms with Gasteiger partial charge in [-0.1, -0.05) is 25.4 Å². The molecule has 114 valence electrons. The summed E-state index contributed by atoms with van der Waals surface area (Å²) in [5.74, 6) is 0.341. The fraction of sp³-hybridized carbons (Fsp3) is 0.500. The molecule has 21 heavy (non-hydrogen) atoms. The number of hydrogen-bond donors (Lipinski definition) is 1. The van der Waals surface area contributed by atoms with Gasteiger partial charge in [0.25, 0.3) is 5.56 Å². The Balaban J connectivity index is 2.00. The van der Waals surface area contributed by atoms with Gasteiger partial charge in [-0.25, -0.2) is 4.68 Å². The van der Waals surface area contributed by atoms with E-state index in [9.17, 15) is 4.79 Å². The van der Waals surface area contributed by atoms with Crippen LogP contribution in [0.4, 0.5) is 5.69 Å². The first-order chi connectivity index (χ1) is 9.97. The van der Waals surface area contributed by atoms with Gasteiger partial charge in [-0.3, -0.25) is 9.48 Å². The molecule has 0 aliphatic carbocycles. The second kappa shape index (κ2) is 6.76. The Labute approximate surface area is 128 Å². The van der Waals surface area contributed by atoms with E-state index in [1.165, 1.54) is 4.68 Å². The fourth-order valence-corrected chi connectivity index (χ4v) is 2.17. The number of halogens is 1. The number of rotatable bonds is 6. The van der Waals surface area contributed by atoms with Crippen LogP contribution < -0.4 is 10.9 Å². The lowest BCUT2D eigenvalue weighted by molar-refractivity contribution is 0.464. The van der Waals surface area contributed by atoms with Gasteiger partial charge in [0.1, 0.15) is 5.02 Å². The van der Waals surface area contributed by atoms with Gasteiger partial charge in [0.2, 0.25) is 0 Å². The molecule has 2 rings (SSSR count). The smallest absolute Gasteiger partial charge is 0.287 e. The highest BCUT2D eigenvalue weighted by molar-refractivity contribution is 6.32. The summed E-state index contributed by atoms with van der Waals surface area (Å²) >= 11 is 6.11. The molecule has 1 N–H and O–H groups in total. The summed E-state index contributed by atoms with van der Waals surface area (Å²) in [5.41, 5.74) is 1.42. The van der Waals surface area contributed by atoms with Crippen molar-refractivity contribution >= 4 is 17.3 Å². The van der Waals surface area contributed by atoms with Gasteiger partial charge < -0.3 is 5.32 Å². The first-order valence-corrected chi connectivity index (χ1v) is 7.33. The van der Waals surface area contributed by atoms with Gasteiger partial charge in [0.05, 0.1) is 24.6 Å². The third-order valence-electron chi connectivity index (χ3n) is 2.94. The van der Waals surface area contributed by atoms with Crippen molar-refractivity contribution in [2.24, 2.45) is 5.92 Å². The zero-order valence-corrected chi connectivity index (χ0v) is 13.3. The van der Waals surface area contributed by atoms with Crippen molar-refractivity contribution in [3.05, 3.63) is 39.5 Å². The minimum atomic E-state index is -0.259. The largest absolute Gasteiger partial charge is 0.381 e. The lowest BCUT2D eigenvalue weighted by Gasteiger charge is -2.11. The van der Waals surface area contributed by atoms with Gasteiger partial charge in [-0.05, 0) is 18.4 Å². The molecule has 0 spiro atoms. The van der Waals surface area contributed by atoms with Gasteiger partial charge in [-0.2, -0.15) is 10.2 Å². The third kappa shape index (κ3) is 4.07. The van der Waals surface area contributed by atoms with Gasteiger partial charge in [0, 0.05) is 19.3 Å². The summed E-state index contributed by atoms with van der Waals surface area (Å²) in [7, 11) is 0. The molecule has 0 radical (unpaired) electrons. The van der Waals surface area contributed by atoms with Crippen molar-refractivity contribution in [3.63, 3.8) is 0 Å². The van der Waals surface area contributed by atoms with E-state index in [0.717, 1.165) is 5.56 Å². The Morgan fingerprint density at radius 3 is 2.71 bits per heavy atom. The second-order valence-electron chi connectivity index (χ2n) is 5.46. The average Bonchev–Trinajstić information content (AvgIpc) is 2.83. The average molecular weight is 310 g/mol. The zero-order valence-electron chi connectivity index (χ0n) is 12.5. The molecule has 2 aromatic heterocycles. The lowest BCUT2D eigenvalue weighted by atomic mass is 10.2. The van der Waals surface area contributed by atoms with Crippen molar-refractivity contribution in [3.8, 4) is 0 Å². The summed E-state index contributed by atoms with van der Waals surface area (Å²) in [4.78, 5) is 12.1. The van der Waals surface area contributed by atoms with E-state index in [1.54, 1.807) is 6.20 Å². The highest BCUT2D eigenvalue weighted by atomic mass is 35.5. The van der Waals surface area contributed by atoms with Gasteiger partial charge in [-0.15, -0.1) is 0 Å². The SMILES string of the molecule is Cc1cnn(CCNc2cnn(CC(C)C)c(=O)c2Cl)c1. The van der Waals surface area contributed by atoms with E-state index in [1.807, 2.05) is 37.8 Å². The molecule has 0 aliphatic heterocycles. The summed E-state index contributed by atoms with van der Waals surface area (Å²) in [6.45, 7) is 7.92. The standard InChI is InChI=1S/C14H20ClN5O/c1-10(2)8-20-14(21)13(15)12(7-18-20)16-4-5-19-9-11(3)6-17-19/h6-7,9-10,16H,4-5,8H2,1-3H3. The summed E-state index contributed by atoms with van der Waals surface area (Å²) in [6, 6.07) is 0. The minimum absolute atomic E-state index is 0.183. The van der Waals surface area contributed by atoms with Crippen LogP contribution in [0, 0.1) is 12.8 Å². The van der Waals surface area contributed by atoms with Crippen LogP contribution in [0.1, 0.15) is 19.4 Å². The molecular weight excluding hydrogens is 290 g/mol. The highest BCUT2D eigenvalue weighted by Gasteiger charge is 2.09. The number of aryl methyl sites for hydroxylation is 1. The van der Waals surface area contributed by atoms with E-state index >= 15 is 0 Å². The van der Waals surface area contributed by atoms with Crippen LogP contribution in [0.15, 0.2) is 23.4 Å². The van der Waals surface area contributed by atoms with Crippen LogP contribution >= 0.6 is 11.6 Å². The number of nitrogens with one attached hydrogen (secondary N) is 1. The molecule has 0 aliphatic rings. The monoisotopic (exact) mass is 309 g/mol. The van der Waals surface area contributed by atoms with Crippen LogP contribution in [0.5, 0.6) is 0 Å². The number of hydrogen-bond acceptors (Lipinski definition) is 4. The molecule has 0 bridgehead atoms. The van der Waals surface area contributed by atoms with Crippen molar-refractivity contribution in [1.29, 1.82) is 0 Å². The summed E-state index contributed by atoms with van der Waals surface area (Å²) in [5, 5.41) is 11.6. The van der Waals surface area contributed by atoms with Gasteiger partial charge >= 0.3 is 0 Å². The maximum atomic E-state index is 12.1. The van der Waals surface area contributed by atoms with E-state index in [4.69, 9.17) is 11.6 Å². The van der Waals surface area contributed by atoms with Crippen molar-refractivity contribution < 1.29 is 0 Å². The first-order valence-electron chi connectivity index (χ1n) is 6.96. The maximum Gasteiger partial charge on any atom is 0.287 e. The van der Waals surface area contributed by atoms with Crippen LogP contribution in [0.3, 0.4) is 0 Å². The molecule has 0 fully saturated rings. The molecule has 7 heteroatoms. The molecule has 0 unspecified atom stereocenters. The van der Waals surface area contributed by atoms with E-state index in [2.05, 4.69) is 15.5 Å². The molecular formula is C14H20ClN5O. The molecule has 0 saturated carbocycles. The quantitative estimate of drug-likeness (QED) is 0.888. The van der Waals surface area contributed by atoms with E-state index in [0.29, 0.717) is 31.2 Å². The Hall–Kier alpha value is -1.82. The summed E-state index contributed by atoms with van der Waals surface area (Å²) < 4.78 is 3.23.